The highest BCUT2D eigenvalue weighted by molar-refractivity contribution is 5.88. The van der Waals surface area contributed by atoms with Gasteiger partial charge in [0.2, 0.25) is 0 Å². The molecule has 20 heavy (non-hydrogen) atoms. The first kappa shape index (κ1) is 15.0. The third-order valence-electron chi connectivity index (χ3n) is 4.45. The van der Waals surface area contributed by atoms with E-state index in [4.69, 9.17) is 5.11 Å². The number of aryl methyl sites for hydroxylation is 1. The SMILES string of the molecule is CC1CCC(CCNCc2c(C(=O)O)cnn2C)CC1. The molecule has 2 N–H and O–H groups in total. The third kappa shape index (κ3) is 3.82. The second kappa shape index (κ2) is 6.88. The fraction of sp³-hybridized carbons (Fsp3) is 0.733. The Hall–Kier alpha value is -1.36. The van der Waals surface area contributed by atoms with E-state index in [2.05, 4.69) is 17.3 Å². The van der Waals surface area contributed by atoms with Gasteiger partial charge in [0.15, 0.2) is 0 Å². The second-order valence-electron chi connectivity index (χ2n) is 6.03. The number of aromatic nitrogens is 2. The van der Waals surface area contributed by atoms with Crippen LogP contribution < -0.4 is 5.32 Å². The van der Waals surface area contributed by atoms with Crippen molar-refractivity contribution >= 4 is 5.97 Å². The van der Waals surface area contributed by atoms with Gasteiger partial charge in [-0.1, -0.05) is 32.6 Å². The summed E-state index contributed by atoms with van der Waals surface area (Å²) in [4.78, 5) is 11.1. The second-order valence-corrected chi connectivity index (χ2v) is 6.03. The Morgan fingerprint density at radius 2 is 2.15 bits per heavy atom. The number of carbonyl (C=O) groups is 1. The maximum atomic E-state index is 11.1. The Labute approximate surface area is 120 Å². The number of aromatic carboxylic acids is 1. The van der Waals surface area contributed by atoms with Crippen molar-refractivity contribution in [3.05, 3.63) is 17.5 Å². The molecule has 0 aliphatic heterocycles. The Balaban J connectivity index is 1.73. The van der Waals surface area contributed by atoms with Crippen LogP contribution in [-0.4, -0.2) is 27.4 Å². The first-order valence-electron chi connectivity index (χ1n) is 7.52. The monoisotopic (exact) mass is 279 g/mol. The van der Waals surface area contributed by atoms with Crippen LogP contribution in [0.25, 0.3) is 0 Å². The fourth-order valence-electron chi connectivity index (χ4n) is 2.98. The molecular weight excluding hydrogens is 254 g/mol. The summed E-state index contributed by atoms with van der Waals surface area (Å²) < 4.78 is 1.64. The van der Waals surface area contributed by atoms with E-state index in [-0.39, 0.29) is 0 Å². The molecule has 5 heteroatoms. The molecule has 1 aliphatic rings. The van der Waals surface area contributed by atoms with E-state index < -0.39 is 5.97 Å². The van der Waals surface area contributed by atoms with Crippen LogP contribution >= 0.6 is 0 Å². The van der Waals surface area contributed by atoms with Gasteiger partial charge in [-0.2, -0.15) is 5.10 Å². The van der Waals surface area contributed by atoms with Crippen LogP contribution in [0.3, 0.4) is 0 Å². The number of carboxylic acid groups (broad SMARTS) is 1. The molecule has 5 nitrogen and oxygen atoms in total. The van der Waals surface area contributed by atoms with Gasteiger partial charge in [-0.25, -0.2) is 4.79 Å². The van der Waals surface area contributed by atoms with Crippen LogP contribution in [-0.2, 0) is 13.6 Å². The first-order valence-corrected chi connectivity index (χ1v) is 7.52. The van der Waals surface area contributed by atoms with Crippen molar-refractivity contribution in [2.75, 3.05) is 6.54 Å². The zero-order valence-electron chi connectivity index (χ0n) is 12.4. The fourth-order valence-corrected chi connectivity index (χ4v) is 2.98. The minimum absolute atomic E-state index is 0.298. The van der Waals surface area contributed by atoms with E-state index in [1.165, 1.54) is 38.3 Å². The molecule has 1 heterocycles. The summed E-state index contributed by atoms with van der Waals surface area (Å²) in [5, 5.41) is 16.5. The van der Waals surface area contributed by atoms with E-state index >= 15 is 0 Å². The van der Waals surface area contributed by atoms with Crippen LogP contribution in [0.2, 0.25) is 0 Å². The average Bonchev–Trinajstić information content (AvgIpc) is 2.78. The third-order valence-corrected chi connectivity index (χ3v) is 4.45. The normalized spacial score (nSPS) is 22.9. The van der Waals surface area contributed by atoms with E-state index in [1.807, 2.05) is 0 Å². The lowest BCUT2D eigenvalue weighted by Crippen LogP contribution is -2.22. The topological polar surface area (TPSA) is 67.2 Å². The van der Waals surface area contributed by atoms with Crippen molar-refractivity contribution in [1.29, 1.82) is 0 Å². The van der Waals surface area contributed by atoms with Crippen LogP contribution in [0, 0.1) is 11.8 Å². The van der Waals surface area contributed by atoms with Gasteiger partial charge < -0.3 is 10.4 Å². The van der Waals surface area contributed by atoms with E-state index in [0.717, 1.165) is 24.1 Å². The molecule has 0 unspecified atom stereocenters. The zero-order chi connectivity index (χ0) is 14.5. The first-order chi connectivity index (χ1) is 9.58. The molecule has 0 radical (unpaired) electrons. The quantitative estimate of drug-likeness (QED) is 0.785. The van der Waals surface area contributed by atoms with Crippen molar-refractivity contribution < 1.29 is 9.90 Å². The van der Waals surface area contributed by atoms with Crippen molar-refractivity contribution in [1.82, 2.24) is 15.1 Å². The molecule has 0 atom stereocenters. The predicted molar refractivity (Wildman–Crippen MR) is 77.6 cm³/mol. The Kier molecular flexibility index (Phi) is 5.17. The molecule has 0 saturated heterocycles. The summed E-state index contributed by atoms with van der Waals surface area (Å²) in [5.41, 5.74) is 1.04. The van der Waals surface area contributed by atoms with Crippen LogP contribution in [0.15, 0.2) is 6.20 Å². The molecule has 1 saturated carbocycles. The highest BCUT2D eigenvalue weighted by Gasteiger charge is 2.18. The number of nitrogens with one attached hydrogen (secondary N) is 1. The van der Waals surface area contributed by atoms with Crippen molar-refractivity contribution in [2.24, 2.45) is 18.9 Å². The number of hydrogen-bond donors (Lipinski definition) is 2. The summed E-state index contributed by atoms with van der Waals surface area (Å²) >= 11 is 0. The molecule has 2 rings (SSSR count). The maximum absolute atomic E-state index is 11.1. The smallest absolute Gasteiger partial charge is 0.339 e. The molecule has 1 aromatic heterocycles. The molecule has 0 aromatic carbocycles. The lowest BCUT2D eigenvalue weighted by Gasteiger charge is -2.26. The van der Waals surface area contributed by atoms with Gasteiger partial charge in [0, 0.05) is 13.6 Å². The molecule has 1 fully saturated rings. The number of hydrogen-bond acceptors (Lipinski definition) is 3. The highest BCUT2D eigenvalue weighted by atomic mass is 16.4. The Morgan fingerprint density at radius 1 is 1.45 bits per heavy atom. The van der Waals surface area contributed by atoms with E-state index in [9.17, 15) is 4.79 Å². The summed E-state index contributed by atoms with van der Waals surface area (Å²) in [5.74, 6) is 0.826. The summed E-state index contributed by atoms with van der Waals surface area (Å²) in [6.07, 6.45) is 8.00. The van der Waals surface area contributed by atoms with Crippen LogP contribution in [0.5, 0.6) is 0 Å². The van der Waals surface area contributed by atoms with Gasteiger partial charge >= 0.3 is 5.97 Å². The van der Waals surface area contributed by atoms with E-state index in [0.29, 0.717) is 12.1 Å². The minimum atomic E-state index is -0.906. The maximum Gasteiger partial charge on any atom is 0.339 e. The summed E-state index contributed by atoms with van der Waals surface area (Å²) in [7, 11) is 1.78. The molecule has 112 valence electrons. The number of rotatable bonds is 6. The van der Waals surface area contributed by atoms with Gasteiger partial charge in [0.05, 0.1) is 11.9 Å². The van der Waals surface area contributed by atoms with Crippen LogP contribution in [0.1, 0.15) is 55.1 Å². The van der Waals surface area contributed by atoms with Crippen molar-refractivity contribution in [3.8, 4) is 0 Å². The highest BCUT2D eigenvalue weighted by Crippen LogP contribution is 2.29. The molecule has 0 amide bonds. The molecule has 1 aromatic rings. The van der Waals surface area contributed by atoms with Gasteiger partial charge in [-0.15, -0.1) is 0 Å². The lowest BCUT2D eigenvalue weighted by molar-refractivity contribution is 0.0695. The van der Waals surface area contributed by atoms with Crippen LogP contribution in [0.4, 0.5) is 0 Å². The lowest BCUT2D eigenvalue weighted by atomic mass is 9.81. The van der Waals surface area contributed by atoms with Gasteiger partial charge in [0.25, 0.3) is 0 Å². The van der Waals surface area contributed by atoms with Gasteiger partial charge in [0.1, 0.15) is 5.56 Å². The molecule has 0 spiro atoms. The van der Waals surface area contributed by atoms with Crippen molar-refractivity contribution in [2.45, 2.75) is 45.6 Å². The molecule has 1 aliphatic carbocycles. The van der Waals surface area contributed by atoms with E-state index in [1.54, 1.807) is 11.7 Å². The minimum Gasteiger partial charge on any atom is -0.478 e. The van der Waals surface area contributed by atoms with Gasteiger partial charge in [-0.3, -0.25) is 4.68 Å². The predicted octanol–water partition coefficient (Wildman–Crippen LogP) is 2.42. The largest absolute Gasteiger partial charge is 0.478 e. The summed E-state index contributed by atoms with van der Waals surface area (Å²) in [6.45, 7) is 3.86. The number of nitrogens with zero attached hydrogens (tertiary/aromatic N) is 2. The Morgan fingerprint density at radius 3 is 2.80 bits per heavy atom. The standard InChI is InChI=1S/C15H25N3O2/c1-11-3-5-12(6-4-11)7-8-16-10-14-13(15(19)20)9-17-18(14)2/h9,11-12,16H,3-8,10H2,1-2H3,(H,19,20). The number of carboxylic acids is 1. The van der Waals surface area contributed by atoms with Gasteiger partial charge in [-0.05, 0) is 24.8 Å². The zero-order valence-corrected chi connectivity index (χ0v) is 12.4. The average molecular weight is 279 g/mol. The summed E-state index contributed by atoms with van der Waals surface area (Å²) in [6, 6.07) is 0. The molecular formula is C15H25N3O2. The van der Waals surface area contributed by atoms with Crippen molar-refractivity contribution in [3.63, 3.8) is 0 Å². The Bertz CT molecular complexity index is 448. The molecule has 0 bridgehead atoms.